The largest absolute Gasteiger partial charge is 0.469 e. The van der Waals surface area contributed by atoms with Crippen LogP contribution >= 0.6 is 22.7 Å². The molecule has 0 bridgehead atoms. The average Bonchev–Trinajstić information content (AvgIpc) is 3.28. The van der Waals surface area contributed by atoms with Gasteiger partial charge < -0.3 is 15.0 Å². The van der Waals surface area contributed by atoms with Gasteiger partial charge in [0.25, 0.3) is 5.56 Å². The zero-order valence-corrected chi connectivity index (χ0v) is 17.5. The molecule has 1 unspecified atom stereocenters. The normalized spacial score (nSPS) is 12.1. The Balaban J connectivity index is 1.68. The second-order valence-corrected chi connectivity index (χ2v) is 8.57. The highest BCUT2D eigenvalue weighted by atomic mass is 32.1. The summed E-state index contributed by atoms with van der Waals surface area (Å²) in [7, 11) is 1.32. The summed E-state index contributed by atoms with van der Waals surface area (Å²) in [6.45, 7) is 3.87. The van der Waals surface area contributed by atoms with Crippen molar-refractivity contribution in [2.75, 3.05) is 7.11 Å². The first-order valence-corrected chi connectivity index (χ1v) is 10.5. The molecule has 0 spiro atoms. The molecule has 1 atom stereocenters. The lowest BCUT2D eigenvalue weighted by Crippen LogP contribution is -2.30. The topological polar surface area (TPSA) is 101 Å². The molecular weight excluding hydrogens is 398 g/mol. The number of amides is 1. The Morgan fingerprint density at radius 1 is 1.36 bits per heavy atom. The molecule has 0 fully saturated rings. The van der Waals surface area contributed by atoms with E-state index < -0.39 is 12.0 Å². The third-order valence-corrected chi connectivity index (χ3v) is 6.58. The van der Waals surface area contributed by atoms with Gasteiger partial charge in [-0.3, -0.25) is 14.4 Å². The average molecular weight is 420 g/mol. The highest BCUT2D eigenvalue weighted by molar-refractivity contribution is 7.18. The van der Waals surface area contributed by atoms with E-state index >= 15 is 0 Å². The van der Waals surface area contributed by atoms with Gasteiger partial charge in [-0.05, 0) is 30.9 Å². The standard InChI is InChI=1S/C19H21N3O4S2/c1-10-11(2)28-19-17(10)18(25)21-14(22-19)6-7-15(23)20-12(9-16(24)26-3)13-5-4-8-27-13/h4-5,8,12H,6-7,9H2,1-3H3,(H,20,23)(H,21,22,25). The van der Waals surface area contributed by atoms with Crippen LogP contribution in [-0.4, -0.2) is 29.0 Å². The summed E-state index contributed by atoms with van der Waals surface area (Å²) in [6.07, 6.45) is 0.529. The molecule has 7 nitrogen and oxygen atoms in total. The van der Waals surface area contributed by atoms with Crippen LogP contribution in [-0.2, 0) is 20.7 Å². The number of aromatic amines is 1. The van der Waals surface area contributed by atoms with Crippen molar-refractivity contribution in [3.05, 3.63) is 49.0 Å². The fraction of sp³-hybridized carbons (Fsp3) is 0.368. The molecule has 3 heterocycles. The van der Waals surface area contributed by atoms with E-state index in [9.17, 15) is 14.4 Å². The minimum Gasteiger partial charge on any atom is -0.469 e. The highest BCUT2D eigenvalue weighted by Crippen LogP contribution is 2.26. The molecule has 1 amide bonds. The zero-order valence-electron chi connectivity index (χ0n) is 15.8. The summed E-state index contributed by atoms with van der Waals surface area (Å²) >= 11 is 2.94. The Bertz CT molecular complexity index is 1050. The molecule has 0 aliphatic heterocycles. The first-order valence-electron chi connectivity index (χ1n) is 8.77. The van der Waals surface area contributed by atoms with E-state index in [2.05, 4.69) is 15.3 Å². The molecule has 0 saturated heterocycles. The molecule has 28 heavy (non-hydrogen) atoms. The van der Waals surface area contributed by atoms with Gasteiger partial charge in [-0.15, -0.1) is 22.7 Å². The van der Waals surface area contributed by atoms with Crippen molar-refractivity contribution in [2.24, 2.45) is 0 Å². The van der Waals surface area contributed by atoms with Crippen LogP contribution in [0.2, 0.25) is 0 Å². The molecule has 2 N–H and O–H groups in total. The summed E-state index contributed by atoms with van der Waals surface area (Å²) < 4.78 is 4.72. The van der Waals surface area contributed by atoms with E-state index in [-0.39, 0.29) is 24.3 Å². The Hall–Kier alpha value is -2.52. The van der Waals surface area contributed by atoms with E-state index in [0.717, 1.165) is 15.3 Å². The lowest BCUT2D eigenvalue weighted by Gasteiger charge is -2.16. The SMILES string of the molecule is COC(=O)CC(NC(=O)CCc1nc2sc(C)c(C)c2c(=O)[nH]1)c1cccs1. The molecule has 0 radical (unpaired) electrons. The number of carbonyl (C=O) groups excluding carboxylic acids is 2. The number of hydrogen-bond donors (Lipinski definition) is 2. The van der Waals surface area contributed by atoms with Gasteiger partial charge in [0.15, 0.2) is 0 Å². The van der Waals surface area contributed by atoms with Gasteiger partial charge in [0.1, 0.15) is 10.7 Å². The third kappa shape index (κ3) is 4.48. The minimum atomic E-state index is -0.433. The van der Waals surface area contributed by atoms with Crippen molar-refractivity contribution in [3.63, 3.8) is 0 Å². The van der Waals surface area contributed by atoms with Gasteiger partial charge in [0.05, 0.1) is 25.0 Å². The Morgan fingerprint density at radius 3 is 2.82 bits per heavy atom. The van der Waals surface area contributed by atoms with Crippen LogP contribution in [0.4, 0.5) is 0 Å². The van der Waals surface area contributed by atoms with Gasteiger partial charge in [-0.1, -0.05) is 6.07 Å². The molecule has 0 aliphatic rings. The summed E-state index contributed by atoms with van der Waals surface area (Å²) in [5.41, 5.74) is 0.768. The predicted octanol–water partition coefficient (Wildman–Crippen LogP) is 3.02. The third-order valence-electron chi connectivity index (χ3n) is 4.50. The summed E-state index contributed by atoms with van der Waals surface area (Å²) in [6, 6.07) is 3.30. The van der Waals surface area contributed by atoms with Crippen LogP contribution in [0.15, 0.2) is 22.3 Å². The fourth-order valence-electron chi connectivity index (χ4n) is 2.88. The minimum absolute atomic E-state index is 0.0670. The molecule has 0 aliphatic carbocycles. The first kappa shape index (κ1) is 20.2. The zero-order chi connectivity index (χ0) is 20.3. The molecule has 148 valence electrons. The number of aryl methyl sites for hydroxylation is 3. The van der Waals surface area contributed by atoms with Crippen molar-refractivity contribution in [3.8, 4) is 0 Å². The van der Waals surface area contributed by atoms with Crippen molar-refractivity contribution < 1.29 is 14.3 Å². The number of carbonyl (C=O) groups is 2. The maximum absolute atomic E-state index is 12.4. The molecule has 3 aromatic heterocycles. The Morgan fingerprint density at radius 2 is 2.14 bits per heavy atom. The maximum Gasteiger partial charge on any atom is 0.307 e. The van der Waals surface area contributed by atoms with Crippen LogP contribution in [0, 0.1) is 13.8 Å². The number of fused-ring (bicyclic) bond motifs is 1. The van der Waals surface area contributed by atoms with E-state index in [4.69, 9.17) is 4.74 Å². The second-order valence-electron chi connectivity index (χ2n) is 6.39. The Kier molecular flexibility index (Phi) is 6.25. The molecule has 9 heteroatoms. The quantitative estimate of drug-likeness (QED) is 0.573. The van der Waals surface area contributed by atoms with Crippen LogP contribution in [0.5, 0.6) is 0 Å². The number of aromatic nitrogens is 2. The number of nitrogens with one attached hydrogen (secondary N) is 2. The van der Waals surface area contributed by atoms with E-state index in [0.29, 0.717) is 22.5 Å². The van der Waals surface area contributed by atoms with E-state index in [1.165, 1.54) is 29.8 Å². The first-order chi connectivity index (χ1) is 13.4. The summed E-state index contributed by atoms with van der Waals surface area (Å²) in [5, 5.41) is 5.38. The molecular formula is C19H21N3O4S2. The van der Waals surface area contributed by atoms with E-state index in [1.54, 1.807) is 0 Å². The number of methoxy groups -OCH3 is 1. The van der Waals surface area contributed by atoms with E-state index in [1.807, 2.05) is 31.4 Å². The van der Waals surface area contributed by atoms with Crippen molar-refractivity contribution in [2.45, 2.75) is 39.2 Å². The van der Waals surface area contributed by atoms with Crippen LogP contribution < -0.4 is 10.9 Å². The molecule has 3 aromatic rings. The monoisotopic (exact) mass is 419 g/mol. The van der Waals surface area contributed by atoms with Gasteiger partial charge >= 0.3 is 5.97 Å². The number of H-pyrrole nitrogens is 1. The summed E-state index contributed by atoms with van der Waals surface area (Å²) in [5.74, 6) is -0.128. The van der Waals surface area contributed by atoms with Crippen LogP contribution in [0.25, 0.3) is 10.2 Å². The van der Waals surface area contributed by atoms with Gasteiger partial charge in [0.2, 0.25) is 5.91 Å². The van der Waals surface area contributed by atoms with Crippen molar-refractivity contribution in [1.29, 1.82) is 0 Å². The lowest BCUT2D eigenvalue weighted by molar-refractivity contribution is -0.141. The molecule has 0 aromatic carbocycles. The molecule has 3 rings (SSSR count). The van der Waals surface area contributed by atoms with Gasteiger partial charge in [0, 0.05) is 22.6 Å². The maximum atomic E-state index is 12.4. The number of nitrogens with zero attached hydrogens (tertiary/aromatic N) is 1. The van der Waals surface area contributed by atoms with Crippen LogP contribution in [0.1, 0.15) is 40.0 Å². The van der Waals surface area contributed by atoms with Crippen molar-refractivity contribution >= 4 is 44.8 Å². The smallest absolute Gasteiger partial charge is 0.307 e. The predicted molar refractivity (Wildman–Crippen MR) is 110 cm³/mol. The number of thiophene rings is 2. The number of hydrogen-bond acceptors (Lipinski definition) is 7. The fourth-order valence-corrected chi connectivity index (χ4v) is 4.71. The van der Waals surface area contributed by atoms with Crippen molar-refractivity contribution in [1.82, 2.24) is 15.3 Å². The highest BCUT2D eigenvalue weighted by Gasteiger charge is 2.20. The Labute approximate surface area is 169 Å². The van der Waals surface area contributed by atoms with Gasteiger partial charge in [-0.2, -0.15) is 0 Å². The number of ether oxygens (including phenoxy) is 1. The van der Waals surface area contributed by atoms with Crippen LogP contribution in [0.3, 0.4) is 0 Å². The number of rotatable bonds is 7. The van der Waals surface area contributed by atoms with Gasteiger partial charge in [-0.25, -0.2) is 4.98 Å². The molecule has 0 saturated carbocycles. The second kappa shape index (κ2) is 8.66. The number of esters is 1. The lowest BCUT2D eigenvalue weighted by atomic mass is 10.1. The summed E-state index contributed by atoms with van der Waals surface area (Å²) in [4.78, 5) is 46.3.